The number of nitrogens with one attached hydrogen (secondary N) is 1. The quantitative estimate of drug-likeness (QED) is 0.593. The molecule has 162 valence electrons. The number of benzene rings is 2. The Hall–Kier alpha value is -3.16. The highest BCUT2D eigenvalue weighted by atomic mass is 16.5. The molecule has 0 aliphatic carbocycles. The van der Waals surface area contributed by atoms with Crippen LogP contribution in [0.3, 0.4) is 0 Å². The van der Waals surface area contributed by atoms with Gasteiger partial charge in [-0.15, -0.1) is 0 Å². The molecule has 0 unspecified atom stereocenters. The Morgan fingerprint density at radius 3 is 2.68 bits per heavy atom. The Morgan fingerprint density at radius 2 is 2.03 bits per heavy atom. The van der Waals surface area contributed by atoms with Crippen molar-refractivity contribution in [2.45, 2.75) is 32.4 Å². The van der Waals surface area contributed by atoms with E-state index in [9.17, 15) is 14.7 Å². The van der Waals surface area contributed by atoms with E-state index < -0.39 is 11.5 Å². The molecule has 0 saturated carbocycles. The highest BCUT2D eigenvalue weighted by molar-refractivity contribution is 6.05. The molecule has 1 saturated heterocycles. The molecule has 7 heteroatoms. The lowest BCUT2D eigenvalue weighted by Gasteiger charge is -2.15. The fraction of sp³-hybridized carbons (Fsp3) is 0.333. The molecule has 2 heterocycles. The number of aryl methyl sites for hydroxylation is 1. The Balaban J connectivity index is 1.51. The van der Waals surface area contributed by atoms with Gasteiger partial charge in [-0.3, -0.25) is 9.69 Å². The van der Waals surface area contributed by atoms with E-state index in [2.05, 4.69) is 10.2 Å². The second-order valence-corrected chi connectivity index (χ2v) is 7.79. The van der Waals surface area contributed by atoms with E-state index in [1.807, 2.05) is 31.2 Å². The van der Waals surface area contributed by atoms with Gasteiger partial charge in [0.25, 0.3) is 5.91 Å². The Kier molecular flexibility index (Phi) is 6.06. The maximum Gasteiger partial charge on any atom is 0.349 e. The molecule has 1 aliphatic heterocycles. The maximum absolute atomic E-state index is 12.7. The van der Waals surface area contributed by atoms with E-state index in [1.54, 1.807) is 25.3 Å². The fourth-order valence-corrected chi connectivity index (χ4v) is 4.01. The van der Waals surface area contributed by atoms with Gasteiger partial charge in [0, 0.05) is 36.3 Å². The minimum absolute atomic E-state index is 0.0464. The number of ether oxygens (including phenoxy) is 1. The standard InChI is InChI=1S/C24H26N2O5/c1-3-19-21(30-2)9-6-16-12-20(24(29)31-22(16)19)23(28)25-17-7-4-15(5-8-17)13-26-11-10-18(27)14-26/h4-9,12,18,27H,3,10-11,13-14H2,1-2H3,(H,25,28)/t18-/m1/s1. The molecule has 1 amide bonds. The first kappa shape index (κ1) is 21.1. The van der Waals surface area contributed by atoms with Crippen LogP contribution >= 0.6 is 0 Å². The summed E-state index contributed by atoms with van der Waals surface area (Å²) in [6.07, 6.45) is 1.19. The van der Waals surface area contributed by atoms with Crippen LogP contribution in [0.25, 0.3) is 11.0 Å². The number of fused-ring (bicyclic) bond motifs is 1. The molecule has 1 atom stereocenters. The average molecular weight is 422 g/mol. The van der Waals surface area contributed by atoms with E-state index >= 15 is 0 Å². The first-order valence-corrected chi connectivity index (χ1v) is 10.4. The molecular formula is C24H26N2O5. The van der Waals surface area contributed by atoms with Gasteiger partial charge < -0.3 is 19.6 Å². The van der Waals surface area contributed by atoms with Crippen LogP contribution in [0.4, 0.5) is 5.69 Å². The Bertz CT molecular complexity index is 1150. The number of carbonyl (C=O) groups excluding carboxylic acids is 1. The number of nitrogens with zero attached hydrogens (tertiary/aromatic N) is 1. The third-order valence-electron chi connectivity index (χ3n) is 5.65. The number of anilines is 1. The minimum atomic E-state index is -0.683. The summed E-state index contributed by atoms with van der Waals surface area (Å²) in [6, 6.07) is 12.6. The van der Waals surface area contributed by atoms with Crippen molar-refractivity contribution in [1.82, 2.24) is 4.90 Å². The zero-order chi connectivity index (χ0) is 22.0. The van der Waals surface area contributed by atoms with Crippen LogP contribution in [0.2, 0.25) is 0 Å². The van der Waals surface area contributed by atoms with Gasteiger partial charge in [0.1, 0.15) is 16.9 Å². The molecular weight excluding hydrogens is 396 g/mol. The largest absolute Gasteiger partial charge is 0.496 e. The molecule has 1 aromatic heterocycles. The van der Waals surface area contributed by atoms with Gasteiger partial charge >= 0.3 is 5.63 Å². The number of hydrogen-bond donors (Lipinski definition) is 2. The topological polar surface area (TPSA) is 92.0 Å². The van der Waals surface area contributed by atoms with Gasteiger partial charge in [0.05, 0.1) is 13.2 Å². The summed E-state index contributed by atoms with van der Waals surface area (Å²) in [4.78, 5) is 27.4. The van der Waals surface area contributed by atoms with Crippen LogP contribution in [-0.4, -0.2) is 42.2 Å². The number of amides is 1. The van der Waals surface area contributed by atoms with Gasteiger partial charge in [0.15, 0.2) is 0 Å². The number of rotatable bonds is 6. The molecule has 0 bridgehead atoms. The summed E-state index contributed by atoms with van der Waals surface area (Å²) in [7, 11) is 1.57. The van der Waals surface area contributed by atoms with Gasteiger partial charge in [-0.2, -0.15) is 0 Å². The molecule has 1 aliphatic rings. The monoisotopic (exact) mass is 422 g/mol. The molecule has 2 aromatic carbocycles. The van der Waals surface area contributed by atoms with E-state index in [0.717, 1.165) is 30.6 Å². The molecule has 0 radical (unpaired) electrons. The van der Waals surface area contributed by atoms with Gasteiger partial charge in [-0.05, 0) is 48.7 Å². The summed E-state index contributed by atoms with van der Waals surface area (Å²) in [5, 5.41) is 13.1. The van der Waals surface area contributed by atoms with E-state index in [1.165, 1.54) is 0 Å². The SMILES string of the molecule is CCc1c(OC)ccc2cc(C(=O)Nc3ccc(CN4CC[C@@H](O)C4)cc3)c(=O)oc12. The minimum Gasteiger partial charge on any atom is -0.496 e. The molecule has 7 nitrogen and oxygen atoms in total. The van der Waals surface area contributed by atoms with E-state index in [-0.39, 0.29) is 11.7 Å². The molecule has 31 heavy (non-hydrogen) atoms. The van der Waals surface area contributed by atoms with Crippen LogP contribution in [0, 0.1) is 0 Å². The van der Waals surface area contributed by atoms with Crippen LogP contribution in [0.5, 0.6) is 5.75 Å². The van der Waals surface area contributed by atoms with Crippen LogP contribution in [0.15, 0.2) is 51.7 Å². The number of likely N-dealkylation sites (tertiary alicyclic amines) is 1. The summed E-state index contributed by atoms with van der Waals surface area (Å²) in [5.41, 5.74) is 2.20. The number of aliphatic hydroxyl groups is 1. The molecule has 4 rings (SSSR count). The van der Waals surface area contributed by atoms with Crippen molar-refractivity contribution in [3.05, 3.63) is 69.6 Å². The summed E-state index contributed by atoms with van der Waals surface area (Å²) < 4.78 is 10.8. The van der Waals surface area contributed by atoms with Crippen molar-refractivity contribution in [2.24, 2.45) is 0 Å². The number of methoxy groups -OCH3 is 1. The molecule has 2 N–H and O–H groups in total. The smallest absolute Gasteiger partial charge is 0.349 e. The zero-order valence-corrected chi connectivity index (χ0v) is 17.7. The van der Waals surface area contributed by atoms with Gasteiger partial charge in [0.2, 0.25) is 0 Å². The first-order valence-electron chi connectivity index (χ1n) is 10.4. The summed E-state index contributed by atoms with van der Waals surface area (Å²) in [6.45, 7) is 4.26. The predicted octanol–water partition coefficient (Wildman–Crippen LogP) is 3.18. The number of carbonyl (C=O) groups is 1. The van der Waals surface area contributed by atoms with Crippen molar-refractivity contribution in [3.63, 3.8) is 0 Å². The van der Waals surface area contributed by atoms with Crippen LogP contribution in [-0.2, 0) is 13.0 Å². The predicted molar refractivity (Wildman–Crippen MR) is 119 cm³/mol. The normalized spacial score (nSPS) is 16.5. The lowest BCUT2D eigenvalue weighted by atomic mass is 10.1. The fourth-order valence-electron chi connectivity index (χ4n) is 4.01. The zero-order valence-electron chi connectivity index (χ0n) is 17.7. The third kappa shape index (κ3) is 4.47. The molecule has 3 aromatic rings. The van der Waals surface area contributed by atoms with E-state index in [4.69, 9.17) is 9.15 Å². The molecule has 1 fully saturated rings. The first-order chi connectivity index (χ1) is 15.0. The number of hydrogen-bond acceptors (Lipinski definition) is 6. The second kappa shape index (κ2) is 8.91. The Morgan fingerprint density at radius 1 is 1.26 bits per heavy atom. The van der Waals surface area contributed by atoms with E-state index in [0.29, 0.717) is 35.4 Å². The number of aliphatic hydroxyl groups excluding tert-OH is 1. The third-order valence-corrected chi connectivity index (χ3v) is 5.65. The number of β-amino-alcohol motifs (C(OH)–C–C–N with tert-alkyl or cyclic N) is 1. The summed E-state index contributed by atoms with van der Waals surface area (Å²) in [5.74, 6) is 0.138. The van der Waals surface area contributed by atoms with Gasteiger partial charge in [-0.25, -0.2) is 4.79 Å². The van der Waals surface area contributed by atoms with Crippen molar-refractivity contribution < 1.29 is 19.1 Å². The highest BCUT2D eigenvalue weighted by Gasteiger charge is 2.20. The lowest BCUT2D eigenvalue weighted by Crippen LogP contribution is -2.22. The Labute approximate surface area is 180 Å². The van der Waals surface area contributed by atoms with Crippen molar-refractivity contribution in [1.29, 1.82) is 0 Å². The van der Waals surface area contributed by atoms with Crippen LogP contribution < -0.4 is 15.7 Å². The summed E-state index contributed by atoms with van der Waals surface area (Å²) >= 11 is 0. The van der Waals surface area contributed by atoms with Crippen molar-refractivity contribution >= 4 is 22.6 Å². The molecule has 0 spiro atoms. The van der Waals surface area contributed by atoms with Crippen molar-refractivity contribution in [2.75, 3.05) is 25.5 Å². The van der Waals surface area contributed by atoms with Crippen LogP contribution in [0.1, 0.15) is 34.8 Å². The van der Waals surface area contributed by atoms with Crippen molar-refractivity contribution in [3.8, 4) is 5.75 Å². The average Bonchev–Trinajstić information content (AvgIpc) is 3.18. The maximum atomic E-state index is 12.7. The van der Waals surface area contributed by atoms with Gasteiger partial charge in [-0.1, -0.05) is 19.1 Å². The lowest BCUT2D eigenvalue weighted by molar-refractivity contribution is 0.102. The highest BCUT2D eigenvalue weighted by Crippen LogP contribution is 2.28. The second-order valence-electron chi connectivity index (χ2n) is 7.79.